The number of amides is 1. The molecule has 0 bridgehead atoms. The van der Waals surface area contributed by atoms with Crippen molar-refractivity contribution in [2.45, 2.75) is 19.3 Å². The first-order valence-corrected chi connectivity index (χ1v) is 8.83. The summed E-state index contributed by atoms with van der Waals surface area (Å²) >= 11 is 0. The fourth-order valence-corrected chi connectivity index (χ4v) is 3.35. The van der Waals surface area contributed by atoms with E-state index in [0.29, 0.717) is 26.2 Å². The summed E-state index contributed by atoms with van der Waals surface area (Å²) in [5.41, 5.74) is 1.18. The molecule has 2 aliphatic heterocycles. The number of hydrogen-bond donors (Lipinski definition) is 0. The minimum atomic E-state index is -0.251. The summed E-state index contributed by atoms with van der Waals surface area (Å²) in [6.45, 7) is 4.32. The van der Waals surface area contributed by atoms with E-state index in [4.69, 9.17) is 0 Å². The summed E-state index contributed by atoms with van der Waals surface area (Å²) in [5.74, 6) is -0.439. The average molecular weight is 342 g/mol. The molecule has 2 aliphatic rings. The number of hydrogen-bond acceptors (Lipinski definition) is 4. The van der Waals surface area contributed by atoms with E-state index in [1.165, 1.54) is 18.6 Å². The fourth-order valence-electron chi connectivity index (χ4n) is 3.35. The summed E-state index contributed by atoms with van der Waals surface area (Å²) in [7, 11) is 0. The molecule has 2 fully saturated rings. The molecule has 132 valence electrons. The van der Waals surface area contributed by atoms with Crippen LogP contribution in [-0.2, 0) is 4.79 Å². The van der Waals surface area contributed by atoms with Crippen LogP contribution in [0, 0.1) is 17.1 Å². The van der Waals surface area contributed by atoms with Crippen LogP contribution in [0.4, 0.5) is 10.1 Å². The van der Waals surface area contributed by atoms with Crippen molar-refractivity contribution in [3.8, 4) is 6.07 Å². The van der Waals surface area contributed by atoms with Crippen LogP contribution in [0.2, 0.25) is 0 Å². The van der Waals surface area contributed by atoms with Crippen molar-refractivity contribution in [2.24, 2.45) is 0 Å². The number of piperazine rings is 1. The number of piperidine rings is 1. The van der Waals surface area contributed by atoms with Crippen LogP contribution in [0.3, 0.4) is 0 Å². The topological polar surface area (TPSA) is 50.6 Å². The molecular formula is C19H23FN4O. The van der Waals surface area contributed by atoms with Gasteiger partial charge in [0.15, 0.2) is 0 Å². The molecule has 1 amide bonds. The number of nitrogens with zero attached hydrogens (tertiary/aromatic N) is 4. The van der Waals surface area contributed by atoms with E-state index in [2.05, 4.69) is 15.9 Å². The SMILES string of the molecule is N#C/C(=C/N1CCCCC1)C(=O)N1CCN(c2ccc(F)cc2)CC1. The van der Waals surface area contributed by atoms with E-state index in [1.54, 1.807) is 23.2 Å². The first kappa shape index (κ1) is 17.3. The Balaban J connectivity index is 1.59. The Morgan fingerprint density at radius 1 is 1.00 bits per heavy atom. The van der Waals surface area contributed by atoms with E-state index >= 15 is 0 Å². The lowest BCUT2D eigenvalue weighted by Crippen LogP contribution is -2.49. The zero-order valence-corrected chi connectivity index (χ0v) is 14.3. The van der Waals surface area contributed by atoms with Gasteiger partial charge in [0.05, 0.1) is 0 Å². The highest BCUT2D eigenvalue weighted by molar-refractivity contribution is 5.97. The second kappa shape index (κ2) is 8.02. The Kier molecular flexibility index (Phi) is 5.54. The van der Waals surface area contributed by atoms with Crippen molar-refractivity contribution < 1.29 is 9.18 Å². The summed E-state index contributed by atoms with van der Waals surface area (Å²) < 4.78 is 13.0. The first-order valence-electron chi connectivity index (χ1n) is 8.83. The number of halogens is 1. The highest BCUT2D eigenvalue weighted by atomic mass is 19.1. The Morgan fingerprint density at radius 3 is 2.24 bits per heavy atom. The van der Waals surface area contributed by atoms with Gasteiger partial charge in [-0.1, -0.05) is 0 Å². The third-order valence-electron chi connectivity index (χ3n) is 4.81. The minimum Gasteiger partial charge on any atom is -0.376 e. The van der Waals surface area contributed by atoms with Crippen LogP contribution in [0.15, 0.2) is 36.0 Å². The van der Waals surface area contributed by atoms with Crippen molar-refractivity contribution in [3.05, 3.63) is 41.9 Å². The lowest BCUT2D eigenvalue weighted by Gasteiger charge is -2.36. The van der Waals surface area contributed by atoms with Gasteiger partial charge in [-0.05, 0) is 43.5 Å². The first-order chi connectivity index (χ1) is 12.2. The van der Waals surface area contributed by atoms with Crippen LogP contribution >= 0.6 is 0 Å². The van der Waals surface area contributed by atoms with Gasteiger partial charge >= 0.3 is 0 Å². The van der Waals surface area contributed by atoms with E-state index in [0.717, 1.165) is 31.6 Å². The highest BCUT2D eigenvalue weighted by Crippen LogP contribution is 2.18. The van der Waals surface area contributed by atoms with E-state index in [9.17, 15) is 14.4 Å². The monoisotopic (exact) mass is 342 g/mol. The van der Waals surface area contributed by atoms with Crippen LogP contribution < -0.4 is 4.90 Å². The number of carbonyl (C=O) groups excluding carboxylic acids is 1. The van der Waals surface area contributed by atoms with Gasteiger partial charge in [0, 0.05) is 51.2 Å². The Hall–Kier alpha value is -2.55. The molecule has 5 nitrogen and oxygen atoms in total. The zero-order chi connectivity index (χ0) is 17.6. The molecule has 0 aromatic heterocycles. The van der Waals surface area contributed by atoms with Crippen LogP contribution in [0.5, 0.6) is 0 Å². The van der Waals surface area contributed by atoms with Crippen molar-refractivity contribution in [1.29, 1.82) is 5.26 Å². The van der Waals surface area contributed by atoms with Crippen LogP contribution in [-0.4, -0.2) is 55.0 Å². The number of benzene rings is 1. The molecule has 6 heteroatoms. The molecule has 1 aromatic carbocycles. The van der Waals surface area contributed by atoms with E-state index < -0.39 is 0 Å². The van der Waals surface area contributed by atoms with Crippen LogP contribution in [0.25, 0.3) is 0 Å². The average Bonchev–Trinajstić information content (AvgIpc) is 2.67. The predicted octanol–water partition coefficient (Wildman–Crippen LogP) is 2.37. The summed E-state index contributed by atoms with van der Waals surface area (Å²) in [4.78, 5) is 18.6. The van der Waals surface area contributed by atoms with Crippen molar-refractivity contribution in [3.63, 3.8) is 0 Å². The normalized spacial score (nSPS) is 18.9. The molecule has 0 spiro atoms. The number of carbonyl (C=O) groups is 1. The molecule has 0 aliphatic carbocycles. The Bertz CT molecular complexity index is 666. The molecule has 0 saturated carbocycles. The highest BCUT2D eigenvalue weighted by Gasteiger charge is 2.24. The number of likely N-dealkylation sites (tertiary alicyclic amines) is 1. The van der Waals surface area contributed by atoms with Gasteiger partial charge in [-0.15, -0.1) is 0 Å². The predicted molar refractivity (Wildman–Crippen MR) is 94.3 cm³/mol. The summed E-state index contributed by atoms with van der Waals surface area (Å²) in [5, 5.41) is 9.38. The van der Waals surface area contributed by atoms with Gasteiger partial charge in [-0.3, -0.25) is 4.79 Å². The molecule has 2 saturated heterocycles. The maximum absolute atomic E-state index is 13.0. The molecule has 2 heterocycles. The number of rotatable bonds is 3. The van der Waals surface area contributed by atoms with Gasteiger partial charge in [-0.2, -0.15) is 5.26 Å². The molecule has 0 radical (unpaired) electrons. The van der Waals surface area contributed by atoms with Crippen molar-refractivity contribution >= 4 is 11.6 Å². The molecule has 0 atom stereocenters. The lowest BCUT2D eigenvalue weighted by molar-refractivity contribution is -0.127. The summed E-state index contributed by atoms with van der Waals surface area (Å²) in [6, 6.07) is 8.47. The Morgan fingerprint density at radius 2 is 1.64 bits per heavy atom. The standard InChI is InChI=1S/C19H23FN4O/c20-17-4-6-18(7-5-17)23-10-12-24(13-11-23)19(25)16(14-21)15-22-8-2-1-3-9-22/h4-7,15H,1-3,8-13H2/b16-15-. The quantitative estimate of drug-likeness (QED) is 0.625. The fraction of sp³-hybridized carbons (Fsp3) is 0.474. The summed E-state index contributed by atoms with van der Waals surface area (Å²) in [6.07, 6.45) is 5.17. The van der Waals surface area contributed by atoms with Crippen molar-refractivity contribution in [2.75, 3.05) is 44.2 Å². The molecular weight excluding hydrogens is 319 g/mol. The molecule has 0 unspecified atom stereocenters. The third kappa shape index (κ3) is 4.30. The molecule has 0 N–H and O–H groups in total. The smallest absolute Gasteiger partial charge is 0.266 e. The van der Waals surface area contributed by atoms with Crippen LogP contribution in [0.1, 0.15) is 19.3 Å². The molecule has 25 heavy (non-hydrogen) atoms. The van der Waals surface area contributed by atoms with Gasteiger partial charge in [-0.25, -0.2) is 4.39 Å². The molecule has 1 aromatic rings. The maximum Gasteiger partial charge on any atom is 0.266 e. The number of anilines is 1. The molecule has 3 rings (SSSR count). The van der Waals surface area contributed by atoms with Gasteiger partial charge in [0.1, 0.15) is 17.5 Å². The maximum atomic E-state index is 13.0. The lowest BCUT2D eigenvalue weighted by atomic mass is 10.1. The minimum absolute atomic E-state index is 0.188. The van der Waals surface area contributed by atoms with E-state index in [-0.39, 0.29) is 17.3 Å². The third-order valence-corrected chi connectivity index (χ3v) is 4.81. The van der Waals surface area contributed by atoms with Crippen molar-refractivity contribution in [1.82, 2.24) is 9.80 Å². The van der Waals surface area contributed by atoms with Gasteiger partial charge in [0.25, 0.3) is 5.91 Å². The second-order valence-electron chi connectivity index (χ2n) is 6.51. The van der Waals surface area contributed by atoms with Gasteiger partial charge < -0.3 is 14.7 Å². The number of nitriles is 1. The zero-order valence-electron chi connectivity index (χ0n) is 14.3. The van der Waals surface area contributed by atoms with Gasteiger partial charge in [0.2, 0.25) is 0 Å². The largest absolute Gasteiger partial charge is 0.376 e. The second-order valence-corrected chi connectivity index (χ2v) is 6.51. The Labute approximate surface area is 147 Å². The van der Waals surface area contributed by atoms with E-state index in [1.807, 2.05) is 0 Å².